The zero-order chi connectivity index (χ0) is 19.6. The summed E-state index contributed by atoms with van der Waals surface area (Å²) < 4.78 is 1.60. The summed E-state index contributed by atoms with van der Waals surface area (Å²) in [5.41, 5.74) is 0.161. The van der Waals surface area contributed by atoms with Gasteiger partial charge in [0.25, 0.3) is 11.6 Å². The first-order valence-corrected chi connectivity index (χ1v) is 8.35. The lowest BCUT2D eigenvalue weighted by atomic mass is 10.1. The van der Waals surface area contributed by atoms with E-state index in [0.717, 1.165) is 0 Å². The van der Waals surface area contributed by atoms with E-state index in [1.165, 1.54) is 12.1 Å². The number of carbonyl (C=O) groups excluding carboxylic acids is 1. The van der Waals surface area contributed by atoms with E-state index in [4.69, 9.17) is 0 Å². The maximum absolute atomic E-state index is 12.6. The minimum atomic E-state index is -1.34. The summed E-state index contributed by atoms with van der Waals surface area (Å²) >= 11 is 0. The van der Waals surface area contributed by atoms with E-state index in [2.05, 4.69) is 5.32 Å². The quantitative estimate of drug-likeness (QED) is 0.506. The van der Waals surface area contributed by atoms with E-state index in [0.29, 0.717) is 24.0 Å². The summed E-state index contributed by atoms with van der Waals surface area (Å²) in [6.07, 6.45) is 0.653. The van der Waals surface area contributed by atoms with Gasteiger partial charge in [-0.1, -0.05) is 31.2 Å². The molecule has 1 amide bonds. The summed E-state index contributed by atoms with van der Waals surface area (Å²) in [5.74, 6) is -1.78. The van der Waals surface area contributed by atoms with Crippen molar-refractivity contribution in [3.63, 3.8) is 0 Å². The van der Waals surface area contributed by atoms with Crippen LogP contribution < -0.4 is 5.32 Å². The summed E-state index contributed by atoms with van der Waals surface area (Å²) in [6, 6.07) is 12.7. The van der Waals surface area contributed by atoms with Crippen LogP contribution in [0.5, 0.6) is 0 Å². The van der Waals surface area contributed by atoms with Crippen molar-refractivity contribution in [2.24, 2.45) is 0 Å². The van der Waals surface area contributed by atoms with Crippen LogP contribution in [0.4, 0.5) is 11.5 Å². The Bertz CT molecular complexity index is 1040. The van der Waals surface area contributed by atoms with Crippen molar-refractivity contribution in [1.29, 1.82) is 0 Å². The molecule has 3 aromatic rings. The molecule has 0 aliphatic heterocycles. The largest absolute Gasteiger partial charge is 0.478 e. The number of nitro benzene ring substituents is 1. The standard InChI is InChI=1S/C19H17N3O5/c1-2-11-21-13-9-6-10-14(22(26)27)15(13)16(19(24)25)17(21)20-18(23)12-7-4-3-5-8-12/h3-10H,2,11H2,1H3,(H,20,23)(H,24,25). The van der Waals surface area contributed by atoms with Crippen LogP contribution in [0.2, 0.25) is 0 Å². The van der Waals surface area contributed by atoms with Crippen LogP contribution in [-0.4, -0.2) is 26.5 Å². The topological polar surface area (TPSA) is 114 Å². The molecule has 0 fully saturated rings. The Morgan fingerprint density at radius 3 is 2.44 bits per heavy atom. The van der Waals surface area contributed by atoms with Gasteiger partial charge in [0.15, 0.2) is 0 Å². The predicted molar refractivity (Wildman–Crippen MR) is 100 cm³/mol. The molecule has 0 atom stereocenters. The smallest absolute Gasteiger partial charge is 0.340 e. The fourth-order valence-electron chi connectivity index (χ4n) is 3.10. The number of nitrogens with zero attached hydrogens (tertiary/aromatic N) is 2. The van der Waals surface area contributed by atoms with Gasteiger partial charge in [-0.2, -0.15) is 0 Å². The van der Waals surface area contributed by atoms with Gasteiger partial charge in [-0.25, -0.2) is 4.79 Å². The molecule has 0 bridgehead atoms. The number of nitrogens with one attached hydrogen (secondary N) is 1. The highest BCUT2D eigenvalue weighted by molar-refractivity contribution is 6.16. The van der Waals surface area contributed by atoms with Crippen molar-refractivity contribution in [2.75, 3.05) is 5.32 Å². The molecular formula is C19H17N3O5. The molecular weight excluding hydrogens is 350 g/mol. The third-order valence-corrected chi connectivity index (χ3v) is 4.19. The number of anilines is 1. The fraction of sp³-hybridized carbons (Fsp3) is 0.158. The Kier molecular flexibility index (Phi) is 4.89. The summed E-state index contributed by atoms with van der Waals surface area (Å²) in [6.45, 7) is 2.29. The van der Waals surface area contributed by atoms with Gasteiger partial charge in [-0.3, -0.25) is 14.9 Å². The van der Waals surface area contributed by atoms with Crippen LogP contribution in [0.1, 0.15) is 34.1 Å². The SMILES string of the molecule is CCCn1c(NC(=O)c2ccccc2)c(C(=O)O)c2c([N+](=O)[O-])cccc21. The minimum Gasteiger partial charge on any atom is -0.478 e. The van der Waals surface area contributed by atoms with Gasteiger partial charge < -0.3 is 15.0 Å². The van der Waals surface area contributed by atoms with Gasteiger partial charge >= 0.3 is 5.97 Å². The third-order valence-electron chi connectivity index (χ3n) is 4.19. The zero-order valence-corrected chi connectivity index (χ0v) is 14.5. The van der Waals surface area contributed by atoms with Crippen LogP contribution in [0, 0.1) is 10.1 Å². The molecule has 27 heavy (non-hydrogen) atoms. The molecule has 0 aliphatic rings. The number of amides is 1. The normalized spacial score (nSPS) is 10.7. The van der Waals surface area contributed by atoms with Gasteiger partial charge in [0.2, 0.25) is 0 Å². The van der Waals surface area contributed by atoms with E-state index in [1.54, 1.807) is 41.0 Å². The fourth-order valence-corrected chi connectivity index (χ4v) is 3.10. The molecule has 1 aromatic heterocycles. The lowest BCUT2D eigenvalue weighted by Crippen LogP contribution is -2.17. The number of aryl methyl sites for hydroxylation is 1. The lowest BCUT2D eigenvalue weighted by Gasteiger charge is -2.11. The van der Waals surface area contributed by atoms with Crippen molar-refractivity contribution in [1.82, 2.24) is 4.57 Å². The minimum absolute atomic E-state index is 0.00631. The molecule has 2 aromatic carbocycles. The van der Waals surface area contributed by atoms with Gasteiger partial charge in [-0.05, 0) is 24.6 Å². The molecule has 138 valence electrons. The summed E-state index contributed by atoms with van der Waals surface area (Å²) in [5, 5.41) is 23.8. The van der Waals surface area contributed by atoms with Crippen LogP contribution in [0.15, 0.2) is 48.5 Å². The van der Waals surface area contributed by atoms with Crippen molar-refractivity contribution in [2.45, 2.75) is 19.9 Å². The van der Waals surface area contributed by atoms with Crippen molar-refractivity contribution >= 4 is 34.3 Å². The molecule has 0 unspecified atom stereocenters. The highest BCUT2D eigenvalue weighted by Crippen LogP contribution is 2.37. The average molecular weight is 367 g/mol. The number of hydrogen-bond acceptors (Lipinski definition) is 4. The molecule has 2 N–H and O–H groups in total. The Morgan fingerprint density at radius 2 is 1.85 bits per heavy atom. The summed E-state index contributed by atoms with van der Waals surface area (Å²) in [4.78, 5) is 35.4. The van der Waals surface area contributed by atoms with E-state index >= 15 is 0 Å². The molecule has 0 radical (unpaired) electrons. The first-order valence-electron chi connectivity index (χ1n) is 8.35. The average Bonchev–Trinajstić information content (AvgIpc) is 2.96. The monoisotopic (exact) mass is 367 g/mol. The second-order valence-electron chi connectivity index (χ2n) is 5.93. The Morgan fingerprint density at radius 1 is 1.15 bits per heavy atom. The van der Waals surface area contributed by atoms with E-state index < -0.39 is 16.8 Å². The van der Waals surface area contributed by atoms with Crippen molar-refractivity contribution < 1.29 is 19.6 Å². The van der Waals surface area contributed by atoms with Crippen LogP contribution in [0.3, 0.4) is 0 Å². The van der Waals surface area contributed by atoms with Gasteiger partial charge in [0, 0.05) is 18.2 Å². The van der Waals surface area contributed by atoms with Crippen molar-refractivity contribution in [3.8, 4) is 0 Å². The van der Waals surface area contributed by atoms with Gasteiger partial charge in [-0.15, -0.1) is 0 Å². The van der Waals surface area contributed by atoms with Crippen LogP contribution >= 0.6 is 0 Å². The van der Waals surface area contributed by atoms with Crippen LogP contribution in [-0.2, 0) is 6.54 Å². The molecule has 3 rings (SSSR count). The number of carboxylic acid groups (broad SMARTS) is 1. The third kappa shape index (κ3) is 3.24. The number of rotatable bonds is 6. The molecule has 8 nitrogen and oxygen atoms in total. The van der Waals surface area contributed by atoms with Gasteiger partial charge in [0.1, 0.15) is 11.4 Å². The first-order chi connectivity index (χ1) is 13.0. The first kappa shape index (κ1) is 18.1. The Labute approximate surface area is 154 Å². The predicted octanol–water partition coefficient (Wildman–Crippen LogP) is 3.91. The molecule has 1 heterocycles. The Balaban J connectivity index is 2.26. The maximum Gasteiger partial charge on any atom is 0.340 e. The highest BCUT2D eigenvalue weighted by atomic mass is 16.6. The summed E-state index contributed by atoms with van der Waals surface area (Å²) in [7, 11) is 0. The van der Waals surface area contributed by atoms with E-state index in [9.17, 15) is 24.8 Å². The number of hydrogen-bond donors (Lipinski definition) is 2. The van der Waals surface area contributed by atoms with E-state index in [1.807, 2.05) is 6.92 Å². The van der Waals surface area contributed by atoms with Gasteiger partial charge in [0.05, 0.1) is 15.8 Å². The second-order valence-corrected chi connectivity index (χ2v) is 5.93. The zero-order valence-electron chi connectivity index (χ0n) is 14.5. The number of nitro groups is 1. The molecule has 0 spiro atoms. The number of aromatic nitrogens is 1. The number of aromatic carboxylic acids is 1. The molecule has 8 heteroatoms. The molecule has 0 saturated heterocycles. The molecule has 0 aliphatic carbocycles. The number of fused-ring (bicyclic) bond motifs is 1. The Hall–Kier alpha value is -3.68. The number of carboxylic acids is 1. The number of non-ortho nitro benzene ring substituents is 1. The maximum atomic E-state index is 12.6. The number of carbonyl (C=O) groups is 2. The molecule has 0 saturated carbocycles. The van der Waals surface area contributed by atoms with E-state index in [-0.39, 0.29) is 22.5 Å². The number of benzene rings is 2. The lowest BCUT2D eigenvalue weighted by molar-refractivity contribution is -0.383. The van der Waals surface area contributed by atoms with Crippen LogP contribution in [0.25, 0.3) is 10.9 Å². The highest BCUT2D eigenvalue weighted by Gasteiger charge is 2.29. The second kappa shape index (κ2) is 7.28. The van der Waals surface area contributed by atoms with Crippen molar-refractivity contribution in [3.05, 3.63) is 69.8 Å².